The molecule has 1 fully saturated rings. The number of guanidine groups is 1. The van der Waals surface area contributed by atoms with E-state index in [1.165, 1.54) is 12.1 Å². The number of nitrogens with zero attached hydrogens (tertiary/aromatic N) is 4. The lowest BCUT2D eigenvalue weighted by Gasteiger charge is -2.39. The third-order valence-corrected chi connectivity index (χ3v) is 5.17. The van der Waals surface area contributed by atoms with Gasteiger partial charge in [0.25, 0.3) is 0 Å². The van der Waals surface area contributed by atoms with Crippen molar-refractivity contribution in [3.8, 4) is 5.75 Å². The number of halogens is 1. The van der Waals surface area contributed by atoms with Crippen LogP contribution in [0.4, 0.5) is 4.39 Å². The van der Waals surface area contributed by atoms with E-state index in [4.69, 9.17) is 4.74 Å². The van der Waals surface area contributed by atoms with Gasteiger partial charge in [0.05, 0.1) is 18.9 Å². The van der Waals surface area contributed by atoms with E-state index in [1.807, 2.05) is 25.6 Å². The van der Waals surface area contributed by atoms with Crippen molar-refractivity contribution >= 4 is 5.96 Å². The van der Waals surface area contributed by atoms with Crippen molar-refractivity contribution in [1.82, 2.24) is 19.8 Å². The zero-order valence-electron chi connectivity index (χ0n) is 17.0. The molecular weight excluding hydrogens is 373 g/mol. The van der Waals surface area contributed by atoms with Crippen molar-refractivity contribution in [2.75, 3.05) is 32.8 Å². The number of piperidine rings is 1. The summed E-state index contributed by atoms with van der Waals surface area (Å²) in [4.78, 5) is 11.0. The first-order chi connectivity index (χ1) is 14.1. The van der Waals surface area contributed by atoms with E-state index in [9.17, 15) is 9.50 Å². The van der Waals surface area contributed by atoms with E-state index in [0.29, 0.717) is 17.7 Å². The van der Waals surface area contributed by atoms with Gasteiger partial charge in [0.2, 0.25) is 0 Å². The molecule has 0 aliphatic carbocycles. The van der Waals surface area contributed by atoms with Crippen LogP contribution in [0, 0.1) is 11.7 Å². The lowest BCUT2D eigenvalue weighted by atomic mass is 9.93. The highest BCUT2D eigenvalue weighted by atomic mass is 19.1. The highest BCUT2D eigenvalue weighted by molar-refractivity contribution is 5.80. The first-order valence-electron chi connectivity index (χ1n) is 10.1. The Labute approximate surface area is 171 Å². The number of aliphatic hydroxyl groups excluding tert-OH is 1. The molecule has 2 N–H and O–H groups in total. The van der Waals surface area contributed by atoms with Crippen LogP contribution in [-0.4, -0.2) is 64.4 Å². The molecule has 7 nitrogen and oxygen atoms in total. The predicted octanol–water partition coefficient (Wildman–Crippen LogP) is 2.31. The summed E-state index contributed by atoms with van der Waals surface area (Å²) < 4.78 is 20.6. The van der Waals surface area contributed by atoms with Crippen molar-refractivity contribution in [3.63, 3.8) is 0 Å². The van der Waals surface area contributed by atoms with Gasteiger partial charge >= 0.3 is 0 Å². The predicted molar refractivity (Wildman–Crippen MR) is 110 cm³/mol. The van der Waals surface area contributed by atoms with Gasteiger partial charge in [-0.3, -0.25) is 4.99 Å². The fraction of sp³-hybridized carbons (Fsp3) is 0.524. The fourth-order valence-electron chi connectivity index (χ4n) is 3.49. The summed E-state index contributed by atoms with van der Waals surface area (Å²) in [6, 6.07) is 6.08. The van der Waals surface area contributed by atoms with Crippen molar-refractivity contribution in [2.24, 2.45) is 10.9 Å². The SMILES string of the molecule is CCNC(=NCC(O)COc1ccc(F)cc1)N1CCC(C)C(n2ccnc2)C1. The number of rotatable bonds is 7. The lowest BCUT2D eigenvalue weighted by Crippen LogP contribution is -2.49. The molecule has 1 aromatic heterocycles. The van der Waals surface area contributed by atoms with Crippen LogP contribution in [0.3, 0.4) is 0 Å². The van der Waals surface area contributed by atoms with Gasteiger partial charge in [0, 0.05) is 32.0 Å². The molecule has 0 spiro atoms. The number of likely N-dealkylation sites (tertiary alicyclic amines) is 1. The molecule has 0 saturated carbocycles. The number of nitrogens with one attached hydrogen (secondary N) is 1. The topological polar surface area (TPSA) is 74.9 Å². The molecule has 3 atom stereocenters. The number of imidazole rings is 1. The Kier molecular flexibility index (Phi) is 7.46. The van der Waals surface area contributed by atoms with E-state index < -0.39 is 6.10 Å². The van der Waals surface area contributed by atoms with Crippen molar-refractivity contribution in [1.29, 1.82) is 0 Å². The van der Waals surface area contributed by atoms with Crippen molar-refractivity contribution in [3.05, 3.63) is 48.8 Å². The number of hydrogen-bond acceptors (Lipinski definition) is 4. The lowest BCUT2D eigenvalue weighted by molar-refractivity contribution is 0.113. The number of benzene rings is 1. The molecule has 1 aliphatic heterocycles. The minimum atomic E-state index is -0.748. The minimum absolute atomic E-state index is 0.100. The average Bonchev–Trinajstić information content (AvgIpc) is 3.26. The molecule has 8 heteroatoms. The van der Waals surface area contributed by atoms with E-state index >= 15 is 0 Å². The Morgan fingerprint density at radius 2 is 2.21 bits per heavy atom. The number of ether oxygens (including phenoxy) is 1. The molecule has 3 rings (SSSR count). The summed E-state index contributed by atoms with van der Waals surface area (Å²) in [5.74, 6) is 1.56. The summed E-state index contributed by atoms with van der Waals surface area (Å²) in [5, 5.41) is 13.6. The largest absolute Gasteiger partial charge is 0.491 e. The first kappa shape index (κ1) is 21.1. The highest BCUT2D eigenvalue weighted by Crippen LogP contribution is 2.27. The fourth-order valence-corrected chi connectivity index (χ4v) is 3.49. The maximum atomic E-state index is 12.9. The molecular formula is C21H30FN5O2. The Bertz CT molecular complexity index is 766. The molecule has 2 heterocycles. The quantitative estimate of drug-likeness (QED) is 0.548. The van der Waals surface area contributed by atoms with E-state index in [2.05, 4.69) is 31.7 Å². The van der Waals surface area contributed by atoms with Crippen LogP contribution >= 0.6 is 0 Å². The summed E-state index contributed by atoms with van der Waals surface area (Å²) in [6.45, 7) is 7.13. The standard InChI is InChI=1S/C21H30FN5O2/c1-3-24-21(25-12-18(28)14-29-19-6-4-17(22)5-7-19)26-10-8-16(2)20(13-26)27-11-9-23-15-27/h4-7,9,11,15-16,18,20,28H,3,8,10,12-14H2,1-2H3,(H,24,25). The third kappa shape index (κ3) is 5.93. The van der Waals surface area contributed by atoms with Crippen LogP contribution in [-0.2, 0) is 0 Å². The highest BCUT2D eigenvalue weighted by Gasteiger charge is 2.29. The number of aliphatic imine (C=N–C) groups is 1. The van der Waals surface area contributed by atoms with Gasteiger partial charge in [-0.05, 0) is 43.5 Å². The molecule has 1 aromatic carbocycles. The second kappa shape index (κ2) is 10.2. The van der Waals surface area contributed by atoms with Crippen LogP contribution in [0.2, 0.25) is 0 Å². The summed E-state index contributed by atoms with van der Waals surface area (Å²) in [7, 11) is 0. The van der Waals surface area contributed by atoms with Crippen LogP contribution in [0.15, 0.2) is 48.0 Å². The summed E-state index contributed by atoms with van der Waals surface area (Å²) >= 11 is 0. The van der Waals surface area contributed by atoms with E-state index in [1.54, 1.807) is 12.1 Å². The van der Waals surface area contributed by atoms with Crippen LogP contribution in [0.5, 0.6) is 5.75 Å². The van der Waals surface area contributed by atoms with Crippen LogP contribution in [0.25, 0.3) is 0 Å². The Hall–Kier alpha value is -2.61. The third-order valence-electron chi connectivity index (χ3n) is 5.17. The number of aliphatic hydroxyl groups is 1. The van der Waals surface area contributed by atoms with Gasteiger partial charge < -0.3 is 24.6 Å². The van der Waals surface area contributed by atoms with Crippen LogP contribution in [0.1, 0.15) is 26.3 Å². The molecule has 158 valence electrons. The molecule has 2 aromatic rings. The molecule has 0 radical (unpaired) electrons. The monoisotopic (exact) mass is 403 g/mol. The minimum Gasteiger partial charge on any atom is -0.491 e. The Morgan fingerprint density at radius 3 is 2.90 bits per heavy atom. The zero-order valence-corrected chi connectivity index (χ0v) is 17.0. The van der Waals surface area contributed by atoms with Gasteiger partial charge in [0.15, 0.2) is 5.96 Å². The van der Waals surface area contributed by atoms with Gasteiger partial charge in [-0.2, -0.15) is 0 Å². The van der Waals surface area contributed by atoms with Crippen molar-refractivity contribution < 1.29 is 14.2 Å². The van der Waals surface area contributed by atoms with Gasteiger partial charge in [-0.15, -0.1) is 0 Å². The molecule has 1 aliphatic rings. The van der Waals surface area contributed by atoms with Gasteiger partial charge in [-0.1, -0.05) is 6.92 Å². The normalized spacial score (nSPS) is 21.1. The van der Waals surface area contributed by atoms with Gasteiger partial charge in [-0.25, -0.2) is 9.37 Å². The number of aromatic nitrogens is 2. The second-order valence-corrected chi connectivity index (χ2v) is 7.40. The second-order valence-electron chi connectivity index (χ2n) is 7.40. The summed E-state index contributed by atoms with van der Waals surface area (Å²) in [6.07, 6.45) is 5.99. The zero-order chi connectivity index (χ0) is 20.6. The van der Waals surface area contributed by atoms with Crippen LogP contribution < -0.4 is 10.1 Å². The number of hydrogen-bond donors (Lipinski definition) is 2. The van der Waals surface area contributed by atoms with E-state index in [0.717, 1.165) is 32.0 Å². The Morgan fingerprint density at radius 1 is 1.41 bits per heavy atom. The van der Waals surface area contributed by atoms with Crippen molar-refractivity contribution in [2.45, 2.75) is 32.4 Å². The van der Waals surface area contributed by atoms with E-state index in [-0.39, 0.29) is 19.0 Å². The Balaban J connectivity index is 1.57. The maximum absolute atomic E-state index is 12.9. The average molecular weight is 404 g/mol. The molecule has 0 bridgehead atoms. The molecule has 3 unspecified atom stereocenters. The molecule has 1 saturated heterocycles. The molecule has 0 amide bonds. The first-order valence-corrected chi connectivity index (χ1v) is 10.1. The molecule has 29 heavy (non-hydrogen) atoms. The van der Waals surface area contributed by atoms with Gasteiger partial charge in [0.1, 0.15) is 24.3 Å². The smallest absolute Gasteiger partial charge is 0.194 e. The summed E-state index contributed by atoms with van der Waals surface area (Å²) in [5.41, 5.74) is 0. The maximum Gasteiger partial charge on any atom is 0.194 e.